The van der Waals surface area contributed by atoms with Crippen LogP contribution in [0.25, 0.3) is 0 Å². The first-order valence-electron chi connectivity index (χ1n) is 5.97. The predicted molar refractivity (Wildman–Crippen MR) is 74.8 cm³/mol. The van der Waals surface area contributed by atoms with Crippen LogP contribution >= 0.6 is 11.6 Å². The molecule has 0 amide bonds. The van der Waals surface area contributed by atoms with Crippen LogP contribution in [0.15, 0.2) is 33.6 Å². The zero-order chi connectivity index (χ0) is 15.6. The third-order valence-corrected chi connectivity index (χ3v) is 4.59. The monoisotopic (exact) mass is 333 g/mol. The summed E-state index contributed by atoms with van der Waals surface area (Å²) in [6.45, 7) is 1.12. The van der Waals surface area contributed by atoms with Gasteiger partial charge < -0.3 is 9.52 Å². The van der Waals surface area contributed by atoms with Crippen LogP contribution in [0.3, 0.4) is 0 Å². The highest BCUT2D eigenvalue weighted by Crippen LogP contribution is 2.24. The number of benzene rings is 1. The Morgan fingerprint density at radius 3 is 2.67 bits per heavy atom. The van der Waals surface area contributed by atoms with E-state index in [1.807, 2.05) is 0 Å². The molecule has 1 aromatic carbocycles. The normalized spacial score (nSPS) is 11.8. The molecule has 0 atom stereocenters. The van der Waals surface area contributed by atoms with Gasteiger partial charge >= 0.3 is 0 Å². The molecule has 0 spiro atoms. The SMILES string of the molecule is Cc1ccc(CNS(=O)(=O)c2cc(F)c(Cl)c(CO)c2)o1. The zero-order valence-electron chi connectivity index (χ0n) is 11.1. The van der Waals surface area contributed by atoms with E-state index in [-0.39, 0.29) is 22.0 Å². The quantitative estimate of drug-likeness (QED) is 0.880. The summed E-state index contributed by atoms with van der Waals surface area (Å²) in [4.78, 5) is -0.309. The fourth-order valence-electron chi connectivity index (χ4n) is 1.72. The summed E-state index contributed by atoms with van der Waals surface area (Å²) in [7, 11) is -3.94. The molecule has 114 valence electrons. The Balaban J connectivity index is 2.25. The smallest absolute Gasteiger partial charge is 0.241 e. The van der Waals surface area contributed by atoms with Crippen LogP contribution in [0.5, 0.6) is 0 Å². The highest BCUT2D eigenvalue weighted by atomic mass is 35.5. The lowest BCUT2D eigenvalue weighted by Crippen LogP contribution is -2.23. The lowest BCUT2D eigenvalue weighted by atomic mass is 10.2. The number of furan rings is 1. The second-order valence-electron chi connectivity index (χ2n) is 4.37. The van der Waals surface area contributed by atoms with Crippen molar-refractivity contribution in [1.29, 1.82) is 0 Å². The molecular weight excluding hydrogens is 321 g/mol. The van der Waals surface area contributed by atoms with Gasteiger partial charge in [-0.05, 0) is 31.2 Å². The first-order valence-corrected chi connectivity index (χ1v) is 7.83. The Morgan fingerprint density at radius 2 is 2.10 bits per heavy atom. The van der Waals surface area contributed by atoms with Crippen molar-refractivity contribution < 1.29 is 22.3 Å². The van der Waals surface area contributed by atoms with Gasteiger partial charge in [-0.1, -0.05) is 11.6 Å². The van der Waals surface area contributed by atoms with Crippen LogP contribution in [0, 0.1) is 12.7 Å². The fraction of sp³-hybridized carbons (Fsp3) is 0.231. The molecule has 5 nitrogen and oxygen atoms in total. The number of halogens is 2. The Hall–Kier alpha value is -1.41. The molecule has 21 heavy (non-hydrogen) atoms. The Morgan fingerprint density at radius 1 is 1.38 bits per heavy atom. The number of sulfonamides is 1. The van der Waals surface area contributed by atoms with Crippen molar-refractivity contribution in [2.75, 3.05) is 0 Å². The van der Waals surface area contributed by atoms with Crippen molar-refractivity contribution in [3.05, 3.63) is 52.2 Å². The van der Waals surface area contributed by atoms with Gasteiger partial charge in [-0.3, -0.25) is 0 Å². The van der Waals surface area contributed by atoms with E-state index >= 15 is 0 Å². The molecule has 2 aromatic rings. The molecule has 2 N–H and O–H groups in total. The molecule has 0 fully saturated rings. The average molecular weight is 334 g/mol. The Labute approximate surface area is 126 Å². The topological polar surface area (TPSA) is 79.5 Å². The summed E-state index contributed by atoms with van der Waals surface area (Å²) in [6.07, 6.45) is 0. The van der Waals surface area contributed by atoms with E-state index in [2.05, 4.69) is 4.72 Å². The Kier molecular flexibility index (Phi) is 4.67. The first kappa shape index (κ1) is 16.0. The van der Waals surface area contributed by atoms with E-state index in [1.54, 1.807) is 19.1 Å². The molecule has 1 heterocycles. The van der Waals surface area contributed by atoms with E-state index in [0.717, 1.165) is 12.1 Å². The van der Waals surface area contributed by atoms with Gasteiger partial charge in [0.25, 0.3) is 0 Å². The minimum absolute atomic E-state index is 0.00545. The molecule has 8 heteroatoms. The molecule has 2 rings (SSSR count). The van der Waals surface area contributed by atoms with E-state index in [4.69, 9.17) is 21.1 Å². The summed E-state index contributed by atoms with van der Waals surface area (Å²) >= 11 is 5.63. The molecule has 0 aliphatic carbocycles. The van der Waals surface area contributed by atoms with Crippen LogP contribution in [0.1, 0.15) is 17.1 Å². The van der Waals surface area contributed by atoms with Crippen molar-refractivity contribution >= 4 is 21.6 Å². The van der Waals surface area contributed by atoms with Crippen molar-refractivity contribution in [3.8, 4) is 0 Å². The van der Waals surface area contributed by atoms with Gasteiger partial charge in [0.2, 0.25) is 10.0 Å². The van der Waals surface area contributed by atoms with Gasteiger partial charge in [0.05, 0.1) is 23.1 Å². The average Bonchev–Trinajstić information content (AvgIpc) is 2.85. The minimum Gasteiger partial charge on any atom is -0.465 e. The highest BCUT2D eigenvalue weighted by Gasteiger charge is 2.19. The molecular formula is C13H13ClFNO4S. The first-order chi connectivity index (χ1) is 9.83. The van der Waals surface area contributed by atoms with E-state index < -0.39 is 22.4 Å². The fourth-order valence-corrected chi connectivity index (χ4v) is 2.94. The van der Waals surface area contributed by atoms with Gasteiger partial charge in [-0.15, -0.1) is 0 Å². The number of nitrogens with one attached hydrogen (secondary N) is 1. The lowest BCUT2D eigenvalue weighted by Gasteiger charge is -2.09. The number of aliphatic hydroxyl groups is 1. The molecule has 0 aliphatic heterocycles. The summed E-state index contributed by atoms with van der Waals surface area (Å²) in [5.41, 5.74) is 0.00545. The van der Waals surface area contributed by atoms with Gasteiger partial charge in [-0.25, -0.2) is 17.5 Å². The van der Waals surface area contributed by atoms with Crippen LogP contribution in [0.2, 0.25) is 5.02 Å². The third-order valence-electron chi connectivity index (χ3n) is 2.79. The molecule has 0 radical (unpaired) electrons. The van der Waals surface area contributed by atoms with Gasteiger partial charge in [0.15, 0.2) is 0 Å². The van der Waals surface area contributed by atoms with Crippen molar-refractivity contribution in [2.45, 2.75) is 25.0 Å². The van der Waals surface area contributed by atoms with Crippen LogP contribution in [-0.4, -0.2) is 13.5 Å². The van der Waals surface area contributed by atoms with Gasteiger partial charge in [0.1, 0.15) is 17.3 Å². The molecule has 0 aliphatic rings. The lowest BCUT2D eigenvalue weighted by molar-refractivity contribution is 0.281. The zero-order valence-corrected chi connectivity index (χ0v) is 12.6. The third kappa shape index (κ3) is 3.62. The molecule has 0 saturated carbocycles. The molecule has 0 bridgehead atoms. The van der Waals surface area contributed by atoms with Crippen molar-refractivity contribution in [1.82, 2.24) is 4.72 Å². The second-order valence-corrected chi connectivity index (χ2v) is 6.52. The van der Waals surface area contributed by atoms with Crippen LogP contribution in [-0.2, 0) is 23.2 Å². The predicted octanol–water partition coefficient (Wildman–Crippen LogP) is 2.35. The van der Waals surface area contributed by atoms with Gasteiger partial charge in [-0.2, -0.15) is 0 Å². The maximum absolute atomic E-state index is 13.6. The number of rotatable bonds is 5. The maximum atomic E-state index is 13.6. The largest absolute Gasteiger partial charge is 0.465 e. The standard InChI is InChI=1S/C13H13ClFNO4S/c1-8-2-3-10(20-8)6-16-21(18,19)11-4-9(7-17)13(14)12(15)5-11/h2-5,16-17H,6-7H2,1H3. The summed E-state index contributed by atoms with van der Waals surface area (Å²) in [5, 5.41) is 8.77. The molecule has 1 aromatic heterocycles. The van der Waals surface area contributed by atoms with E-state index in [9.17, 15) is 12.8 Å². The summed E-state index contributed by atoms with van der Waals surface area (Å²) < 4.78 is 45.3. The number of aliphatic hydroxyl groups excluding tert-OH is 1. The van der Waals surface area contributed by atoms with Crippen molar-refractivity contribution in [3.63, 3.8) is 0 Å². The number of aryl methyl sites for hydroxylation is 1. The second kappa shape index (κ2) is 6.15. The van der Waals surface area contributed by atoms with Crippen LogP contribution in [0.4, 0.5) is 4.39 Å². The maximum Gasteiger partial charge on any atom is 0.241 e. The number of hydrogen-bond acceptors (Lipinski definition) is 4. The van der Waals surface area contributed by atoms with E-state index in [1.165, 1.54) is 0 Å². The van der Waals surface area contributed by atoms with Gasteiger partial charge in [0, 0.05) is 5.56 Å². The highest BCUT2D eigenvalue weighted by molar-refractivity contribution is 7.89. The van der Waals surface area contributed by atoms with E-state index in [0.29, 0.717) is 11.5 Å². The minimum atomic E-state index is -3.94. The van der Waals surface area contributed by atoms with Crippen molar-refractivity contribution in [2.24, 2.45) is 0 Å². The van der Waals surface area contributed by atoms with Crippen LogP contribution < -0.4 is 4.72 Å². The Bertz CT molecular complexity index is 758. The summed E-state index contributed by atoms with van der Waals surface area (Å²) in [5.74, 6) is 0.189. The number of hydrogen-bond donors (Lipinski definition) is 2. The summed E-state index contributed by atoms with van der Waals surface area (Å²) in [6, 6.07) is 5.27. The molecule has 0 unspecified atom stereocenters. The molecule has 0 saturated heterocycles.